The summed E-state index contributed by atoms with van der Waals surface area (Å²) in [5.74, 6) is -0.186. The van der Waals surface area contributed by atoms with Crippen molar-refractivity contribution in [1.82, 2.24) is 10.6 Å². The monoisotopic (exact) mass is 322 g/mol. The predicted molar refractivity (Wildman–Crippen MR) is 88.8 cm³/mol. The van der Waals surface area contributed by atoms with Crippen LogP contribution in [0.2, 0.25) is 0 Å². The lowest BCUT2D eigenvalue weighted by Crippen LogP contribution is -2.59. The predicted octanol–water partition coefficient (Wildman–Crippen LogP) is 3.67. The Morgan fingerprint density at radius 2 is 2.04 bits per heavy atom. The maximum absolute atomic E-state index is 13.5. The molecule has 0 saturated heterocycles. The first kappa shape index (κ1) is 17.7. The third kappa shape index (κ3) is 5.20. The van der Waals surface area contributed by atoms with Gasteiger partial charge in [0.05, 0.1) is 5.54 Å². The quantitative estimate of drug-likeness (QED) is 0.869. The molecule has 0 atom stereocenters. The van der Waals surface area contributed by atoms with Gasteiger partial charge in [0.1, 0.15) is 11.4 Å². The molecule has 23 heavy (non-hydrogen) atoms. The van der Waals surface area contributed by atoms with Crippen molar-refractivity contribution < 1.29 is 13.9 Å². The molecule has 5 heteroatoms. The van der Waals surface area contributed by atoms with Gasteiger partial charge in [0.25, 0.3) is 0 Å². The summed E-state index contributed by atoms with van der Waals surface area (Å²) >= 11 is 0. The minimum absolute atomic E-state index is 0.186. The molecule has 0 aliphatic heterocycles. The topological polar surface area (TPSA) is 50.4 Å². The first-order valence-corrected chi connectivity index (χ1v) is 8.16. The van der Waals surface area contributed by atoms with Crippen molar-refractivity contribution in [3.63, 3.8) is 0 Å². The first-order chi connectivity index (χ1) is 10.7. The molecule has 1 fully saturated rings. The Hall–Kier alpha value is -1.62. The number of alkyl carbamates (subject to hydrolysis) is 1. The molecule has 0 bridgehead atoms. The lowest BCUT2D eigenvalue weighted by atomic mass is 9.76. The van der Waals surface area contributed by atoms with Gasteiger partial charge in [0, 0.05) is 13.1 Å². The summed E-state index contributed by atoms with van der Waals surface area (Å²) in [5.41, 5.74) is 0.809. The standard InChI is InChI=1S/C18H27FN2O2/c1-13-6-7-14(10-15(13)19)11-20-12-18(8-5-9-18)21-16(22)23-17(2,3)4/h6-7,10,20H,5,8-9,11-12H2,1-4H3,(H,21,22). The van der Waals surface area contributed by atoms with Crippen molar-refractivity contribution in [2.45, 2.75) is 64.6 Å². The average Bonchev–Trinajstić information content (AvgIpc) is 2.37. The molecule has 0 heterocycles. The SMILES string of the molecule is Cc1ccc(CNCC2(NC(=O)OC(C)(C)C)CCC2)cc1F. The van der Waals surface area contributed by atoms with E-state index in [-0.39, 0.29) is 17.4 Å². The molecular weight excluding hydrogens is 295 g/mol. The minimum atomic E-state index is -0.498. The fourth-order valence-electron chi connectivity index (χ4n) is 2.66. The van der Waals surface area contributed by atoms with Crippen molar-refractivity contribution in [3.8, 4) is 0 Å². The van der Waals surface area contributed by atoms with Crippen LogP contribution in [0.15, 0.2) is 18.2 Å². The van der Waals surface area contributed by atoms with Crippen LogP contribution in [-0.2, 0) is 11.3 Å². The number of ether oxygens (including phenoxy) is 1. The van der Waals surface area contributed by atoms with Crippen LogP contribution in [-0.4, -0.2) is 23.8 Å². The lowest BCUT2D eigenvalue weighted by Gasteiger charge is -2.42. The van der Waals surface area contributed by atoms with Crippen molar-refractivity contribution in [3.05, 3.63) is 35.1 Å². The van der Waals surface area contributed by atoms with Gasteiger partial charge in [-0.15, -0.1) is 0 Å². The number of nitrogens with one attached hydrogen (secondary N) is 2. The van der Waals surface area contributed by atoms with E-state index in [2.05, 4.69) is 10.6 Å². The highest BCUT2D eigenvalue weighted by Gasteiger charge is 2.39. The Labute approximate surface area is 137 Å². The third-order valence-corrected chi connectivity index (χ3v) is 4.11. The van der Waals surface area contributed by atoms with E-state index in [9.17, 15) is 9.18 Å². The summed E-state index contributed by atoms with van der Waals surface area (Å²) in [7, 11) is 0. The second kappa shape index (κ2) is 6.87. The van der Waals surface area contributed by atoms with Gasteiger partial charge in [-0.3, -0.25) is 0 Å². The van der Waals surface area contributed by atoms with Crippen LogP contribution < -0.4 is 10.6 Å². The fraction of sp³-hybridized carbons (Fsp3) is 0.611. The van der Waals surface area contributed by atoms with Crippen molar-refractivity contribution in [2.75, 3.05) is 6.54 Å². The van der Waals surface area contributed by atoms with Crippen LogP contribution in [0.25, 0.3) is 0 Å². The zero-order chi connectivity index (χ0) is 17.1. The van der Waals surface area contributed by atoms with E-state index >= 15 is 0 Å². The van der Waals surface area contributed by atoms with Crippen LogP contribution in [0.3, 0.4) is 0 Å². The molecule has 1 amide bonds. The number of carbonyl (C=O) groups is 1. The van der Waals surface area contributed by atoms with E-state index in [1.54, 1.807) is 19.1 Å². The molecule has 1 aromatic rings. The summed E-state index contributed by atoms with van der Waals surface area (Å²) in [6.07, 6.45) is 2.58. The Bertz CT molecular complexity index is 563. The fourth-order valence-corrected chi connectivity index (χ4v) is 2.66. The smallest absolute Gasteiger partial charge is 0.408 e. The zero-order valence-electron chi connectivity index (χ0n) is 14.5. The second-order valence-electron chi connectivity index (χ2n) is 7.45. The summed E-state index contributed by atoms with van der Waals surface area (Å²) in [6, 6.07) is 5.25. The summed E-state index contributed by atoms with van der Waals surface area (Å²) in [6.45, 7) is 8.54. The maximum Gasteiger partial charge on any atom is 0.408 e. The third-order valence-electron chi connectivity index (χ3n) is 4.11. The summed E-state index contributed by atoms with van der Waals surface area (Å²) in [4.78, 5) is 12.0. The molecule has 128 valence electrons. The Morgan fingerprint density at radius 3 is 2.57 bits per heavy atom. The molecule has 2 rings (SSSR count). The first-order valence-electron chi connectivity index (χ1n) is 8.16. The van der Waals surface area contributed by atoms with E-state index in [4.69, 9.17) is 4.74 Å². The molecule has 0 unspecified atom stereocenters. The van der Waals surface area contributed by atoms with E-state index in [0.29, 0.717) is 18.7 Å². The molecular formula is C18H27FN2O2. The number of rotatable bonds is 5. The van der Waals surface area contributed by atoms with Crippen molar-refractivity contribution >= 4 is 6.09 Å². The number of hydrogen-bond acceptors (Lipinski definition) is 3. The van der Waals surface area contributed by atoms with Crippen LogP contribution in [0.4, 0.5) is 9.18 Å². The Balaban J connectivity index is 1.84. The highest BCUT2D eigenvalue weighted by atomic mass is 19.1. The molecule has 1 aliphatic carbocycles. The minimum Gasteiger partial charge on any atom is -0.444 e. The zero-order valence-corrected chi connectivity index (χ0v) is 14.5. The maximum atomic E-state index is 13.5. The Kier molecular flexibility index (Phi) is 5.30. The van der Waals surface area contributed by atoms with Crippen LogP contribution in [0, 0.1) is 12.7 Å². The number of halogens is 1. The van der Waals surface area contributed by atoms with Crippen molar-refractivity contribution in [2.24, 2.45) is 0 Å². The summed E-state index contributed by atoms with van der Waals surface area (Å²) in [5, 5.41) is 6.32. The van der Waals surface area contributed by atoms with E-state index in [1.807, 2.05) is 26.8 Å². The van der Waals surface area contributed by atoms with Gasteiger partial charge in [-0.2, -0.15) is 0 Å². The molecule has 1 aromatic carbocycles. The van der Waals surface area contributed by atoms with Crippen molar-refractivity contribution in [1.29, 1.82) is 0 Å². The number of amides is 1. The molecule has 0 aromatic heterocycles. The highest BCUT2D eigenvalue weighted by molar-refractivity contribution is 5.69. The van der Waals surface area contributed by atoms with Gasteiger partial charge < -0.3 is 15.4 Å². The molecule has 4 nitrogen and oxygen atoms in total. The van der Waals surface area contributed by atoms with Crippen LogP contribution in [0.1, 0.15) is 51.2 Å². The van der Waals surface area contributed by atoms with E-state index in [1.165, 1.54) is 0 Å². The highest BCUT2D eigenvalue weighted by Crippen LogP contribution is 2.31. The van der Waals surface area contributed by atoms with Gasteiger partial charge in [0.15, 0.2) is 0 Å². The molecule has 0 radical (unpaired) electrons. The van der Waals surface area contributed by atoms with Gasteiger partial charge in [0.2, 0.25) is 0 Å². The summed E-state index contributed by atoms with van der Waals surface area (Å²) < 4.78 is 18.9. The number of carbonyl (C=O) groups excluding carboxylic acids is 1. The molecule has 2 N–H and O–H groups in total. The number of hydrogen-bond donors (Lipinski definition) is 2. The number of benzene rings is 1. The molecule has 0 spiro atoms. The molecule has 1 saturated carbocycles. The van der Waals surface area contributed by atoms with Gasteiger partial charge in [-0.25, -0.2) is 9.18 Å². The van der Waals surface area contributed by atoms with Gasteiger partial charge in [-0.05, 0) is 64.2 Å². The second-order valence-corrected chi connectivity index (χ2v) is 7.45. The van der Waals surface area contributed by atoms with Crippen LogP contribution in [0.5, 0.6) is 0 Å². The van der Waals surface area contributed by atoms with E-state index in [0.717, 1.165) is 24.8 Å². The Morgan fingerprint density at radius 1 is 1.35 bits per heavy atom. The lowest BCUT2D eigenvalue weighted by molar-refractivity contribution is 0.0382. The van der Waals surface area contributed by atoms with Crippen LogP contribution >= 0.6 is 0 Å². The normalized spacial score (nSPS) is 16.6. The largest absolute Gasteiger partial charge is 0.444 e. The van der Waals surface area contributed by atoms with E-state index < -0.39 is 5.60 Å². The van der Waals surface area contributed by atoms with Gasteiger partial charge in [-0.1, -0.05) is 12.1 Å². The number of aryl methyl sites for hydroxylation is 1. The van der Waals surface area contributed by atoms with Gasteiger partial charge >= 0.3 is 6.09 Å². The average molecular weight is 322 g/mol. The molecule has 1 aliphatic rings.